The fourth-order valence-corrected chi connectivity index (χ4v) is 3.31. The van der Waals surface area contributed by atoms with Crippen LogP contribution in [0.4, 0.5) is 13.2 Å². The molecule has 1 saturated carbocycles. The molecule has 4 unspecified atom stereocenters. The molecule has 116 valence electrons. The summed E-state index contributed by atoms with van der Waals surface area (Å²) in [6, 6.07) is -0.0490. The number of nitrogens with one attached hydrogen (secondary N) is 2. The first-order chi connectivity index (χ1) is 9.39. The quantitative estimate of drug-likeness (QED) is 0.821. The zero-order chi connectivity index (χ0) is 14.8. The number of halogens is 3. The van der Waals surface area contributed by atoms with Gasteiger partial charge in [0.2, 0.25) is 5.91 Å². The molecule has 0 aromatic heterocycles. The predicted octanol–water partition coefficient (Wildman–Crippen LogP) is 2.47. The number of carbonyl (C=O) groups is 1. The van der Waals surface area contributed by atoms with Crippen LogP contribution in [0, 0.1) is 17.8 Å². The van der Waals surface area contributed by atoms with Crippen molar-refractivity contribution in [3.63, 3.8) is 0 Å². The first-order valence-corrected chi connectivity index (χ1v) is 7.47. The Morgan fingerprint density at radius 2 is 1.90 bits per heavy atom. The van der Waals surface area contributed by atoms with E-state index in [2.05, 4.69) is 10.6 Å². The van der Waals surface area contributed by atoms with E-state index in [1.54, 1.807) is 0 Å². The number of amides is 1. The maximum Gasteiger partial charge on any atom is 0.392 e. The van der Waals surface area contributed by atoms with Gasteiger partial charge in [0.25, 0.3) is 0 Å². The third-order valence-electron chi connectivity index (χ3n) is 4.68. The van der Waals surface area contributed by atoms with Gasteiger partial charge >= 0.3 is 6.18 Å². The molecule has 2 aliphatic rings. The lowest BCUT2D eigenvalue weighted by atomic mass is 9.78. The minimum Gasteiger partial charge on any atom is -0.352 e. The number of hydrogen-bond acceptors (Lipinski definition) is 2. The van der Waals surface area contributed by atoms with Crippen molar-refractivity contribution in [3.05, 3.63) is 0 Å². The minimum atomic E-state index is -4.27. The van der Waals surface area contributed by atoms with Crippen LogP contribution in [0.1, 0.15) is 39.0 Å². The largest absolute Gasteiger partial charge is 0.392 e. The molecule has 1 aliphatic carbocycles. The summed E-state index contributed by atoms with van der Waals surface area (Å²) in [6.45, 7) is 3.59. The zero-order valence-electron chi connectivity index (χ0n) is 11.8. The normalized spacial score (nSPS) is 35.6. The third-order valence-corrected chi connectivity index (χ3v) is 4.68. The Morgan fingerprint density at radius 1 is 1.20 bits per heavy atom. The van der Waals surface area contributed by atoms with E-state index >= 15 is 0 Å². The van der Waals surface area contributed by atoms with Gasteiger partial charge in [-0.2, -0.15) is 13.2 Å². The fraction of sp³-hybridized carbons (Fsp3) is 0.929. The van der Waals surface area contributed by atoms with Gasteiger partial charge in [-0.25, -0.2) is 0 Å². The fourth-order valence-electron chi connectivity index (χ4n) is 3.31. The van der Waals surface area contributed by atoms with Crippen LogP contribution < -0.4 is 10.6 Å². The van der Waals surface area contributed by atoms with Crippen molar-refractivity contribution in [2.24, 2.45) is 17.8 Å². The van der Waals surface area contributed by atoms with E-state index < -0.39 is 23.9 Å². The lowest BCUT2D eigenvalue weighted by molar-refractivity contribution is -0.198. The molecule has 0 spiro atoms. The van der Waals surface area contributed by atoms with E-state index in [-0.39, 0.29) is 12.5 Å². The Morgan fingerprint density at radius 3 is 2.55 bits per heavy atom. The minimum absolute atomic E-state index is 0.0490. The van der Waals surface area contributed by atoms with Crippen molar-refractivity contribution < 1.29 is 18.0 Å². The summed E-state index contributed by atoms with van der Waals surface area (Å²) in [6.07, 6.45) is -1.61. The molecule has 1 aliphatic heterocycles. The molecule has 0 aromatic carbocycles. The second-order valence-corrected chi connectivity index (χ2v) is 6.12. The maximum absolute atomic E-state index is 13.0. The summed E-state index contributed by atoms with van der Waals surface area (Å²) in [5.41, 5.74) is 0. The lowest BCUT2D eigenvalue weighted by Crippen LogP contribution is -2.53. The first-order valence-electron chi connectivity index (χ1n) is 7.47. The highest BCUT2D eigenvalue weighted by molar-refractivity contribution is 5.79. The zero-order valence-corrected chi connectivity index (χ0v) is 11.8. The molecule has 0 aromatic rings. The number of carbonyl (C=O) groups excluding carboxylic acids is 1. The Labute approximate surface area is 117 Å². The third kappa shape index (κ3) is 3.65. The number of piperidine rings is 1. The molecule has 3 nitrogen and oxygen atoms in total. The highest BCUT2D eigenvalue weighted by atomic mass is 19.4. The van der Waals surface area contributed by atoms with E-state index in [1.807, 2.05) is 6.92 Å². The van der Waals surface area contributed by atoms with Crippen LogP contribution in [0.15, 0.2) is 0 Å². The van der Waals surface area contributed by atoms with Crippen LogP contribution in [0.25, 0.3) is 0 Å². The molecule has 1 heterocycles. The van der Waals surface area contributed by atoms with E-state index in [0.717, 1.165) is 13.0 Å². The van der Waals surface area contributed by atoms with Crippen molar-refractivity contribution >= 4 is 5.91 Å². The molecule has 6 heteroatoms. The van der Waals surface area contributed by atoms with E-state index in [0.29, 0.717) is 31.7 Å². The van der Waals surface area contributed by atoms with Gasteiger partial charge < -0.3 is 10.6 Å². The Kier molecular flexibility index (Phi) is 4.94. The highest BCUT2D eigenvalue weighted by Gasteiger charge is 2.48. The summed E-state index contributed by atoms with van der Waals surface area (Å²) in [4.78, 5) is 12.2. The van der Waals surface area contributed by atoms with E-state index in [9.17, 15) is 18.0 Å². The second kappa shape index (κ2) is 6.33. The highest BCUT2D eigenvalue weighted by Crippen LogP contribution is 2.41. The average Bonchev–Trinajstić information content (AvgIpc) is 2.40. The van der Waals surface area contributed by atoms with Crippen LogP contribution in [0.2, 0.25) is 0 Å². The Balaban J connectivity index is 1.99. The van der Waals surface area contributed by atoms with Crippen molar-refractivity contribution in [3.8, 4) is 0 Å². The van der Waals surface area contributed by atoms with Gasteiger partial charge in [0.05, 0.1) is 5.92 Å². The monoisotopic (exact) mass is 292 g/mol. The molecule has 20 heavy (non-hydrogen) atoms. The smallest absolute Gasteiger partial charge is 0.352 e. The van der Waals surface area contributed by atoms with E-state index in [1.165, 1.54) is 0 Å². The van der Waals surface area contributed by atoms with Crippen LogP contribution in [-0.4, -0.2) is 31.2 Å². The van der Waals surface area contributed by atoms with Gasteiger partial charge in [-0.15, -0.1) is 0 Å². The number of rotatable bonds is 2. The number of hydrogen-bond donors (Lipinski definition) is 2. The molecule has 2 fully saturated rings. The lowest BCUT2D eigenvalue weighted by Gasteiger charge is -2.35. The van der Waals surface area contributed by atoms with Crippen LogP contribution in [-0.2, 0) is 4.79 Å². The molecular weight excluding hydrogens is 269 g/mol. The summed E-state index contributed by atoms with van der Waals surface area (Å²) in [5, 5.41) is 6.02. The van der Waals surface area contributed by atoms with Gasteiger partial charge in [0.15, 0.2) is 0 Å². The molecular formula is C14H23F3N2O. The second-order valence-electron chi connectivity index (χ2n) is 6.12. The van der Waals surface area contributed by atoms with Crippen molar-refractivity contribution in [1.82, 2.24) is 10.6 Å². The molecule has 2 N–H and O–H groups in total. The topological polar surface area (TPSA) is 41.1 Å². The van der Waals surface area contributed by atoms with Gasteiger partial charge in [-0.1, -0.05) is 19.8 Å². The Hall–Kier alpha value is -0.780. The van der Waals surface area contributed by atoms with Gasteiger partial charge in [-0.3, -0.25) is 4.79 Å². The molecule has 0 bridgehead atoms. The summed E-state index contributed by atoms with van der Waals surface area (Å²) >= 11 is 0. The van der Waals surface area contributed by atoms with Gasteiger partial charge in [0.1, 0.15) is 0 Å². The molecule has 1 amide bonds. The van der Waals surface area contributed by atoms with Crippen molar-refractivity contribution in [1.29, 1.82) is 0 Å². The van der Waals surface area contributed by atoms with Crippen molar-refractivity contribution in [2.45, 2.75) is 51.2 Å². The predicted molar refractivity (Wildman–Crippen MR) is 70.1 cm³/mol. The molecule has 0 radical (unpaired) electrons. The number of alkyl halides is 3. The average molecular weight is 292 g/mol. The summed E-state index contributed by atoms with van der Waals surface area (Å²) < 4.78 is 39.0. The van der Waals surface area contributed by atoms with Crippen molar-refractivity contribution in [2.75, 3.05) is 13.1 Å². The summed E-state index contributed by atoms with van der Waals surface area (Å²) in [7, 11) is 0. The van der Waals surface area contributed by atoms with Gasteiger partial charge in [-0.05, 0) is 31.7 Å². The maximum atomic E-state index is 13.0. The van der Waals surface area contributed by atoms with Crippen LogP contribution in [0.3, 0.4) is 0 Å². The molecule has 4 atom stereocenters. The first kappa shape index (κ1) is 15.6. The standard InChI is InChI=1S/C14H23F3N2O/c1-9-6-7-18-8-12(9)19-13(20)10-4-2-3-5-11(10)14(15,16)17/h9-12,18H,2-8H2,1H3,(H,19,20). The van der Waals surface area contributed by atoms with Gasteiger partial charge in [0, 0.05) is 18.5 Å². The van der Waals surface area contributed by atoms with Crippen LogP contribution >= 0.6 is 0 Å². The van der Waals surface area contributed by atoms with E-state index in [4.69, 9.17) is 0 Å². The van der Waals surface area contributed by atoms with Crippen LogP contribution in [0.5, 0.6) is 0 Å². The summed E-state index contributed by atoms with van der Waals surface area (Å²) in [5.74, 6) is -2.47. The Bertz CT molecular complexity index is 346. The molecule has 2 rings (SSSR count). The SMILES string of the molecule is CC1CCNCC1NC(=O)C1CCCCC1C(F)(F)F. The molecule has 1 saturated heterocycles.